The molecule has 0 bridgehead atoms. The minimum atomic E-state index is -0.211. The first-order valence-corrected chi connectivity index (χ1v) is 7.69. The molecule has 0 unspecified atom stereocenters. The fraction of sp³-hybridized carbons (Fsp3) is 0.143. The van der Waals surface area contributed by atoms with Crippen LogP contribution < -0.4 is 10.6 Å². The molecule has 2 rings (SSSR count). The molecule has 0 spiro atoms. The summed E-state index contributed by atoms with van der Waals surface area (Å²) < 4.78 is 0. The summed E-state index contributed by atoms with van der Waals surface area (Å²) in [5.41, 5.74) is 0.682. The van der Waals surface area contributed by atoms with Gasteiger partial charge in [0.15, 0.2) is 5.82 Å². The van der Waals surface area contributed by atoms with Gasteiger partial charge in [0, 0.05) is 17.6 Å². The van der Waals surface area contributed by atoms with Crippen LogP contribution in [0.3, 0.4) is 0 Å². The quantitative estimate of drug-likeness (QED) is 0.820. The smallest absolute Gasteiger partial charge is 0.234 e. The third-order valence-corrected chi connectivity index (χ3v) is 3.60. The van der Waals surface area contributed by atoms with Gasteiger partial charge in [-0.05, 0) is 36.4 Å². The lowest BCUT2D eigenvalue weighted by molar-refractivity contribution is -0.114. The minimum absolute atomic E-state index is 0.153. The van der Waals surface area contributed by atoms with Gasteiger partial charge in [-0.25, -0.2) is 0 Å². The molecule has 0 saturated heterocycles. The van der Waals surface area contributed by atoms with E-state index in [2.05, 4.69) is 20.8 Å². The largest absolute Gasteiger partial charge is 0.325 e. The number of benzene rings is 1. The second-order valence-electron chi connectivity index (χ2n) is 4.28. The number of halogens is 1. The van der Waals surface area contributed by atoms with Crippen LogP contribution in [0.1, 0.15) is 6.92 Å². The van der Waals surface area contributed by atoms with Gasteiger partial charge in [-0.2, -0.15) is 0 Å². The lowest BCUT2D eigenvalue weighted by atomic mass is 10.3. The van der Waals surface area contributed by atoms with Crippen LogP contribution >= 0.6 is 23.4 Å². The number of hydrogen-bond acceptors (Lipinski definition) is 5. The van der Waals surface area contributed by atoms with E-state index >= 15 is 0 Å². The average molecular weight is 337 g/mol. The highest BCUT2D eigenvalue weighted by molar-refractivity contribution is 7.99. The first-order chi connectivity index (χ1) is 10.5. The van der Waals surface area contributed by atoms with Gasteiger partial charge in [-0.15, -0.1) is 10.2 Å². The van der Waals surface area contributed by atoms with Crippen molar-refractivity contribution in [2.24, 2.45) is 0 Å². The molecule has 0 radical (unpaired) electrons. The lowest BCUT2D eigenvalue weighted by Gasteiger charge is -2.05. The molecule has 1 aromatic heterocycles. The van der Waals surface area contributed by atoms with E-state index < -0.39 is 0 Å². The number of nitrogens with one attached hydrogen (secondary N) is 2. The molecule has 0 atom stereocenters. The molecule has 2 amide bonds. The number of anilines is 2. The topological polar surface area (TPSA) is 84.0 Å². The SMILES string of the molecule is CC(=O)Nc1ccc(SCC(=O)Nc2ccc(Cl)cc2)nn1. The second kappa shape index (κ2) is 7.77. The number of rotatable bonds is 5. The van der Waals surface area contributed by atoms with Gasteiger partial charge in [0.1, 0.15) is 5.03 Å². The maximum atomic E-state index is 11.8. The van der Waals surface area contributed by atoms with Crippen LogP contribution in [0.4, 0.5) is 11.5 Å². The molecule has 0 aliphatic heterocycles. The third kappa shape index (κ3) is 5.34. The van der Waals surface area contributed by atoms with Crippen LogP contribution in [-0.2, 0) is 9.59 Å². The van der Waals surface area contributed by atoms with Crippen LogP contribution in [0.2, 0.25) is 5.02 Å². The highest BCUT2D eigenvalue weighted by atomic mass is 35.5. The predicted molar refractivity (Wildman–Crippen MR) is 87.1 cm³/mol. The third-order valence-electron chi connectivity index (χ3n) is 2.42. The summed E-state index contributed by atoms with van der Waals surface area (Å²) in [4.78, 5) is 22.7. The van der Waals surface area contributed by atoms with Crippen LogP contribution in [0, 0.1) is 0 Å². The Morgan fingerprint density at radius 2 is 1.82 bits per heavy atom. The summed E-state index contributed by atoms with van der Waals surface area (Å²) in [6, 6.07) is 10.2. The van der Waals surface area contributed by atoms with E-state index in [9.17, 15) is 9.59 Å². The molecule has 2 N–H and O–H groups in total. The molecule has 6 nitrogen and oxygen atoms in total. The molecular weight excluding hydrogens is 324 g/mol. The molecule has 1 heterocycles. The number of aromatic nitrogens is 2. The molecule has 0 saturated carbocycles. The molecule has 22 heavy (non-hydrogen) atoms. The number of nitrogens with zero attached hydrogens (tertiary/aromatic N) is 2. The maximum absolute atomic E-state index is 11.8. The van der Waals surface area contributed by atoms with Gasteiger partial charge in [0.2, 0.25) is 11.8 Å². The van der Waals surface area contributed by atoms with Crippen molar-refractivity contribution in [2.45, 2.75) is 11.9 Å². The Morgan fingerprint density at radius 1 is 1.09 bits per heavy atom. The van der Waals surface area contributed by atoms with Crippen molar-refractivity contribution in [2.75, 3.05) is 16.4 Å². The van der Waals surface area contributed by atoms with Gasteiger partial charge in [0.05, 0.1) is 5.75 Å². The number of thioether (sulfide) groups is 1. The van der Waals surface area contributed by atoms with Gasteiger partial charge >= 0.3 is 0 Å². The average Bonchev–Trinajstić information content (AvgIpc) is 2.48. The molecule has 114 valence electrons. The second-order valence-corrected chi connectivity index (χ2v) is 5.71. The zero-order chi connectivity index (χ0) is 15.9. The highest BCUT2D eigenvalue weighted by Gasteiger charge is 2.06. The Bertz CT molecular complexity index is 662. The first kappa shape index (κ1) is 16.3. The van der Waals surface area contributed by atoms with Crippen molar-refractivity contribution in [1.82, 2.24) is 10.2 Å². The number of carbonyl (C=O) groups is 2. The van der Waals surface area contributed by atoms with Crippen molar-refractivity contribution in [3.05, 3.63) is 41.4 Å². The number of hydrogen-bond donors (Lipinski definition) is 2. The normalized spacial score (nSPS) is 10.1. The first-order valence-electron chi connectivity index (χ1n) is 6.32. The highest BCUT2D eigenvalue weighted by Crippen LogP contribution is 2.17. The van der Waals surface area contributed by atoms with E-state index in [1.807, 2.05) is 0 Å². The van der Waals surface area contributed by atoms with Crippen LogP contribution in [0.25, 0.3) is 0 Å². The van der Waals surface area contributed by atoms with Crippen molar-refractivity contribution in [3.63, 3.8) is 0 Å². The van der Waals surface area contributed by atoms with E-state index in [4.69, 9.17) is 11.6 Å². The van der Waals surface area contributed by atoms with Crippen molar-refractivity contribution < 1.29 is 9.59 Å². The minimum Gasteiger partial charge on any atom is -0.325 e. The Labute approximate surface area is 136 Å². The standard InChI is InChI=1S/C14H13ClN4O2S/c1-9(20)16-12-6-7-14(19-18-12)22-8-13(21)17-11-4-2-10(15)3-5-11/h2-7H,8H2,1H3,(H,17,21)(H,16,18,20). The monoisotopic (exact) mass is 336 g/mol. The molecular formula is C14H13ClN4O2S. The Kier molecular flexibility index (Phi) is 5.74. The summed E-state index contributed by atoms with van der Waals surface area (Å²) >= 11 is 7.03. The molecule has 8 heteroatoms. The zero-order valence-corrected chi connectivity index (χ0v) is 13.2. The van der Waals surface area contributed by atoms with Crippen molar-refractivity contribution in [1.29, 1.82) is 0 Å². The van der Waals surface area contributed by atoms with E-state index in [-0.39, 0.29) is 17.6 Å². The van der Waals surface area contributed by atoms with Gasteiger partial charge < -0.3 is 10.6 Å². The predicted octanol–water partition coefficient (Wildman–Crippen LogP) is 2.82. The molecule has 0 aliphatic rings. The Morgan fingerprint density at radius 3 is 2.41 bits per heavy atom. The van der Waals surface area contributed by atoms with Gasteiger partial charge in [-0.3, -0.25) is 9.59 Å². The summed E-state index contributed by atoms with van der Waals surface area (Å²) in [6.45, 7) is 1.39. The molecule has 2 aromatic rings. The lowest BCUT2D eigenvalue weighted by Crippen LogP contribution is -2.14. The molecule has 0 fully saturated rings. The molecule has 0 aliphatic carbocycles. The van der Waals surface area contributed by atoms with Crippen LogP contribution in [0.15, 0.2) is 41.4 Å². The van der Waals surface area contributed by atoms with Crippen molar-refractivity contribution >= 4 is 46.7 Å². The van der Waals surface area contributed by atoms with Gasteiger partial charge in [-0.1, -0.05) is 23.4 Å². The number of amides is 2. The maximum Gasteiger partial charge on any atom is 0.234 e. The van der Waals surface area contributed by atoms with Crippen LogP contribution in [-0.4, -0.2) is 27.8 Å². The van der Waals surface area contributed by atoms with E-state index in [1.165, 1.54) is 18.7 Å². The van der Waals surface area contributed by atoms with E-state index in [0.717, 1.165) is 0 Å². The fourth-order valence-corrected chi connectivity index (χ4v) is 2.25. The Hall–Kier alpha value is -2.12. The van der Waals surface area contributed by atoms with E-state index in [0.29, 0.717) is 21.6 Å². The fourth-order valence-electron chi connectivity index (χ4n) is 1.51. The summed E-state index contributed by atoms with van der Waals surface area (Å²) in [5.74, 6) is 0.219. The molecule has 1 aromatic carbocycles. The summed E-state index contributed by atoms with van der Waals surface area (Å²) in [7, 11) is 0. The summed E-state index contributed by atoms with van der Waals surface area (Å²) in [5, 5.41) is 14.3. The Balaban J connectivity index is 1.83. The van der Waals surface area contributed by atoms with Crippen molar-refractivity contribution in [3.8, 4) is 0 Å². The van der Waals surface area contributed by atoms with Crippen LogP contribution in [0.5, 0.6) is 0 Å². The van der Waals surface area contributed by atoms with E-state index in [1.54, 1.807) is 36.4 Å². The number of carbonyl (C=O) groups excluding carboxylic acids is 2. The zero-order valence-electron chi connectivity index (χ0n) is 11.7. The summed E-state index contributed by atoms with van der Waals surface area (Å²) in [6.07, 6.45) is 0. The van der Waals surface area contributed by atoms with Gasteiger partial charge in [0.25, 0.3) is 0 Å².